The van der Waals surface area contributed by atoms with Gasteiger partial charge in [0, 0.05) is 127 Å². The van der Waals surface area contributed by atoms with Gasteiger partial charge in [-0.2, -0.15) is 21.9 Å². The Hall–Kier alpha value is -10.9. The van der Waals surface area contributed by atoms with E-state index in [1.807, 2.05) is 0 Å². The van der Waals surface area contributed by atoms with E-state index < -0.39 is 126 Å². The summed E-state index contributed by atoms with van der Waals surface area (Å²) in [4.78, 5) is 135. The van der Waals surface area contributed by atoms with Crippen molar-refractivity contribution < 1.29 is 94.3 Å². The molecule has 0 spiro atoms. The number of benzene rings is 5. The molecule has 109 heavy (non-hydrogen) atoms. The fourth-order valence-corrected chi connectivity index (χ4v) is 14.5. The fourth-order valence-electron chi connectivity index (χ4n) is 13.0. The highest BCUT2D eigenvalue weighted by atomic mass is 32.2. The van der Waals surface area contributed by atoms with Gasteiger partial charge in [0.25, 0.3) is 26.1 Å². The van der Waals surface area contributed by atoms with Crippen molar-refractivity contribution in [3.63, 3.8) is 0 Å². The van der Waals surface area contributed by atoms with Crippen molar-refractivity contribution in [2.45, 2.75) is 68.0 Å². The number of amides is 6. The van der Waals surface area contributed by atoms with Crippen LogP contribution in [0.3, 0.4) is 0 Å². The smallest absolute Gasteiger partial charge is 0.317 e. The highest BCUT2D eigenvalue weighted by molar-refractivity contribution is 7.87. The number of carbonyl (C=O) groups is 9. The summed E-state index contributed by atoms with van der Waals surface area (Å²) in [5.74, 6) is -6.91. The third-order valence-electron chi connectivity index (χ3n) is 18.8. The summed E-state index contributed by atoms with van der Waals surface area (Å²) in [6.07, 6.45) is 2.33. The Morgan fingerprint density at radius 3 is 1.80 bits per heavy atom. The number of piperazine rings is 1. The number of pyridine rings is 1. The molecule has 9 rings (SSSR count). The predicted octanol–water partition coefficient (Wildman–Crippen LogP) is 2.87. The van der Waals surface area contributed by atoms with Crippen molar-refractivity contribution >= 4 is 118 Å². The maximum Gasteiger partial charge on any atom is 0.317 e. The van der Waals surface area contributed by atoms with Crippen molar-refractivity contribution in [2.75, 3.05) is 149 Å². The molecule has 0 radical (unpaired) electrons. The number of nitrogen functional groups attached to an aromatic ring is 1. The first-order valence-electron chi connectivity index (χ1n) is 34.9. The van der Waals surface area contributed by atoms with Gasteiger partial charge in [-0.1, -0.05) is 18.2 Å². The molecule has 36 nitrogen and oxygen atoms in total. The molecule has 5 aromatic carbocycles. The van der Waals surface area contributed by atoms with E-state index in [9.17, 15) is 89.5 Å². The third-order valence-corrected chi connectivity index (χ3v) is 20.6. The predicted molar refractivity (Wildman–Crippen MR) is 395 cm³/mol. The van der Waals surface area contributed by atoms with Gasteiger partial charge in [0.1, 0.15) is 27.3 Å². The van der Waals surface area contributed by atoms with E-state index in [-0.39, 0.29) is 102 Å². The Balaban J connectivity index is 0.821. The van der Waals surface area contributed by atoms with Crippen LogP contribution in [0, 0.1) is 20.4 Å². The normalized spacial score (nSPS) is 16.6. The third kappa shape index (κ3) is 22.8. The molecule has 6 aromatic rings. The summed E-state index contributed by atoms with van der Waals surface area (Å²) in [5, 5.41) is 59.2. The van der Waals surface area contributed by atoms with Crippen molar-refractivity contribution in [3.8, 4) is 22.6 Å². The Bertz CT molecular complexity index is 4730. The zero-order valence-corrected chi connectivity index (χ0v) is 61.5. The number of carboxylic acid groups (broad SMARTS) is 3. The Labute approximate surface area is 627 Å². The number of rotatable bonds is 29. The van der Waals surface area contributed by atoms with E-state index in [1.165, 1.54) is 11.1 Å². The maximum atomic E-state index is 14.3. The number of hydrogen-bond donors (Lipinski definition) is 11. The number of carbonyl (C=O) groups excluding carboxylic acids is 6. The molecule has 582 valence electrons. The van der Waals surface area contributed by atoms with Crippen LogP contribution < -0.4 is 31.7 Å². The lowest BCUT2D eigenvalue weighted by atomic mass is 10.00. The first-order chi connectivity index (χ1) is 51.8. The van der Waals surface area contributed by atoms with Crippen LogP contribution in [0.15, 0.2) is 105 Å². The number of carboxylic acids is 3. The van der Waals surface area contributed by atoms with Gasteiger partial charge in [-0.3, -0.25) is 91.5 Å². The van der Waals surface area contributed by atoms with Crippen molar-refractivity contribution in [3.05, 3.63) is 113 Å². The van der Waals surface area contributed by atoms with E-state index in [4.69, 9.17) is 17.0 Å². The van der Waals surface area contributed by atoms with E-state index in [1.54, 1.807) is 99.0 Å². The Morgan fingerprint density at radius 1 is 0.642 bits per heavy atom. The van der Waals surface area contributed by atoms with Crippen molar-refractivity contribution in [2.24, 2.45) is 10.2 Å². The van der Waals surface area contributed by atoms with Crippen LogP contribution in [0.4, 0.5) is 22.7 Å². The molecule has 6 amide bonds. The van der Waals surface area contributed by atoms with Gasteiger partial charge in [-0.15, -0.1) is 5.11 Å². The van der Waals surface area contributed by atoms with Crippen LogP contribution in [0.5, 0.6) is 11.5 Å². The maximum absolute atomic E-state index is 14.3. The first kappa shape index (κ1) is 82.2. The molecule has 3 aliphatic rings. The van der Waals surface area contributed by atoms with Gasteiger partial charge in [0.15, 0.2) is 5.75 Å². The van der Waals surface area contributed by atoms with E-state index in [0.29, 0.717) is 121 Å². The largest absolute Gasteiger partial charge is 0.505 e. The number of aryl methyl sites for hydroxylation is 2. The molecule has 12 N–H and O–H groups in total. The summed E-state index contributed by atoms with van der Waals surface area (Å²) < 4.78 is 74.3. The number of aromatic nitrogens is 1. The standard InChI is InChI=1S/C71H86N16O20S2/c1-44-34-46(47-8-12-53(45(2)35-47)79-80-55-14-10-50-57(108(101,102)103)37-58(109(104,105)106)68(72)67(50)69(55)98)7-11-52(44)77-60(88)16-15-56(78-61(89)40-82-21-23-83(41-64(92)93)25-27-85(43-66(96)97)28-26-84(24-22-82)42-65(94)95)71(100)76-38-62(90)86-31-29-81(30-32-86)19-5-33-107-48-9-13-54-51(36-48)49(17-18-74-54)70(99)75-39-63(91)87-20-4-6-59(87)73-3/h7-14,17-18,34-37,56,59,98H,4-6,15-16,19-33,38-43,72H2,1-2H3,(H,75,99)(H,76,100)(H,77,88)(H,78,89)(H,92,93)(H,94,95)(H,96,97)(H,101,102,103)(H,104,105,106)/t56?,59-/m0/s1. The van der Waals surface area contributed by atoms with Gasteiger partial charge >= 0.3 is 24.1 Å². The van der Waals surface area contributed by atoms with Gasteiger partial charge in [0.2, 0.25) is 29.5 Å². The molecular weight excluding hydrogens is 1460 g/mol. The molecule has 3 fully saturated rings. The lowest BCUT2D eigenvalue weighted by Gasteiger charge is -2.35. The highest BCUT2D eigenvalue weighted by Gasteiger charge is 2.34. The van der Waals surface area contributed by atoms with Gasteiger partial charge < -0.3 is 57.1 Å². The van der Waals surface area contributed by atoms with Crippen LogP contribution in [0.2, 0.25) is 0 Å². The number of fused-ring (bicyclic) bond motifs is 2. The lowest BCUT2D eigenvalue weighted by molar-refractivity contribution is -0.140. The summed E-state index contributed by atoms with van der Waals surface area (Å²) in [5.41, 5.74) is 9.17. The second-order valence-electron chi connectivity index (χ2n) is 26.5. The van der Waals surface area contributed by atoms with E-state index in [2.05, 4.69) is 46.2 Å². The van der Waals surface area contributed by atoms with Gasteiger partial charge in [-0.05, 0) is 116 Å². The molecule has 4 heterocycles. The highest BCUT2D eigenvalue weighted by Crippen LogP contribution is 2.44. The van der Waals surface area contributed by atoms with Crippen molar-refractivity contribution in [1.82, 2.24) is 55.2 Å². The summed E-state index contributed by atoms with van der Waals surface area (Å²) in [7, 11) is -10.2. The number of phenolic OH excluding ortho intramolecular Hbond substituents is 1. The zero-order chi connectivity index (χ0) is 78.9. The molecule has 38 heteroatoms. The number of phenols is 1. The molecule has 0 saturated carbocycles. The minimum atomic E-state index is -5.15. The minimum absolute atomic E-state index is 0.0914. The SMILES string of the molecule is [C-]#[N+][C@@H]1CCCN1C(=O)CNC(=O)c1ccnc2ccc(OCCCN3CCN(C(=O)CNC(=O)C(CCC(=O)Nc4ccc(-c5ccc(N=Nc6ccc7c(S(=O)(=O)O)cc(S(=O)(=O)O)c(N)c7c6O)c(C)c5)cc4C)NC(=O)CN4CCN(CC(=O)O)CCN(CC(=O)O)CCN(CC(=O)O)CC4)CC3)cc12. The molecule has 1 unspecified atom stereocenters. The van der Waals surface area contributed by atoms with Crippen molar-refractivity contribution in [1.29, 1.82) is 0 Å². The van der Waals surface area contributed by atoms with E-state index >= 15 is 0 Å². The summed E-state index contributed by atoms with van der Waals surface area (Å²) >= 11 is 0. The van der Waals surface area contributed by atoms with Gasteiger partial charge in [-0.25, -0.2) is 6.57 Å². The average molecular weight is 1550 g/mol. The second-order valence-corrected chi connectivity index (χ2v) is 29.3. The molecule has 3 saturated heterocycles. The number of likely N-dealkylation sites (tertiary alicyclic amines) is 1. The topological polar surface area (TPSA) is 491 Å². The van der Waals surface area contributed by atoms with E-state index in [0.717, 1.165) is 18.6 Å². The number of hydrogen-bond acceptors (Lipinski definition) is 24. The molecule has 0 bridgehead atoms. The lowest BCUT2D eigenvalue weighted by Crippen LogP contribution is -2.54. The number of anilines is 2. The number of aliphatic carboxylic acids is 3. The fraction of sp³-hybridized carbons (Fsp3) is 0.423. The summed E-state index contributed by atoms with van der Waals surface area (Å²) in [6, 6.07) is 18.4. The molecular formula is C71H86N16O20S2. The van der Waals surface area contributed by atoms with Crippen LogP contribution in [0.25, 0.3) is 37.6 Å². The number of azo groups is 1. The average Bonchev–Trinajstić information content (AvgIpc) is 0.834. The monoisotopic (exact) mass is 1550 g/mol. The number of nitrogens with zero attached hydrogens (tertiary/aromatic N) is 11. The molecule has 1 aromatic heterocycles. The van der Waals surface area contributed by atoms with Crippen LogP contribution >= 0.6 is 0 Å². The molecule has 3 aliphatic heterocycles. The van der Waals surface area contributed by atoms with Crippen LogP contribution in [-0.4, -0.2) is 289 Å². The van der Waals surface area contributed by atoms with Crippen LogP contribution in [-0.2, 0) is 58.6 Å². The second kappa shape index (κ2) is 37.3. The Morgan fingerprint density at radius 2 is 1.21 bits per heavy atom. The number of nitrogens with two attached hydrogens (primary N) is 1. The van der Waals surface area contributed by atoms with Gasteiger partial charge in [0.05, 0.1) is 73.7 Å². The quantitative estimate of drug-likeness (QED) is 0.0106. The summed E-state index contributed by atoms with van der Waals surface area (Å²) in [6.45, 7) is 12.6. The Kier molecular flexibility index (Phi) is 28.1. The molecule has 2 atom stereocenters. The number of ether oxygens (including phenoxy) is 1. The zero-order valence-electron chi connectivity index (χ0n) is 59.8. The number of nitrogens with one attached hydrogen (secondary N) is 4. The first-order valence-corrected chi connectivity index (χ1v) is 37.7. The van der Waals surface area contributed by atoms with Crippen LogP contribution in [0.1, 0.15) is 53.6 Å². The number of aromatic hydroxyl groups is 1. The minimum Gasteiger partial charge on any atom is -0.505 e. The molecule has 0 aliphatic carbocycles.